The first-order valence-corrected chi connectivity index (χ1v) is 42.2. The molecule has 95 heavy (non-hydrogen) atoms. The van der Waals surface area contributed by atoms with Gasteiger partial charge in [0.2, 0.25) is 0 Å². The maximum atomic E-state index is 12.8. The third-order valence-corrected chi connectivity index (χ3v) is 19.0. The molecule has 0 bridgehead atoms. The molecule has 0 saturated heterocycles. The van der Waals surface area contributed by atoms with Crippen LogP contribution < -0.4 is 5.73 Å². The molecule has 0 amide bonds. The van der Waals surface area contributed by atoms with Gasteiger partial charge in [0.15, 0.2) is 6.10 Å². The minimum atomic E-state index is -4.40. The third-order valence-electron chi connectivity index (χ3n) is 18.0. The molecule has 0 radical (unpaired) electrons. The number of esters is 2. The van der Waals surface area contributed by atoms with Crippen molar-refractivity contribution in [1.82, 2.24) is 0 Å². The lowest BCUT2D eigenvalue weighted by molar-refractivity contribution is -0.161. The van der Waals surface area contributed by atoms with E-state index in [2.05, 4.69) is 111 Å². The second-order valence-corrected chi connectivity index (χ2v) is 28.7. The van der Waals surface area contributed by atoms with Crippen LogP contribution in [0.1, 0.15) is 399 Å². The normalized spacial score (nSPS) is 13.3. The minimum absolute atomic E-state index is 0.0493. The van der Waals surface area contributed by atoms with Crippen LogP contribution in [0.3, 0.4) is 0 Å². The van der Waals surface area contributed by atoms with Crippen LogP contribution in [0.4, 0.5) is 0 Å². The Morgan fingerprint density at radius 1 is 0.326 bits per heavy atom. The quantitative estimate of drug-likeness (QED) is 0.0264. The molecular formula is C85H154NO8P. The van der Waals surface area contributed by atoms with Gasteiger partial charge in [0.05, 0.1) is 13.2 Å². The van der Waals surface area contributed by atoms with Crippen molar-refractivity contribution in [1.29, 1.82) is 0 Å². The standard InChI is InChI=1S/C85H154NO8P/c1-3-5-7-9-11-13-15-17-19-21-23-25-27-29-31-33-35-37-38-39-40-41-42-43-44-46-47-49-51-53-55-57-59-61-63-65-67-69-71-73-75-77-84(87)91-81-83(82-93-95(89,90)92-80-79-86)94-85(88)78-76-74-72-70-68-66-64-62-60-58-56-54-52-50-48-45-36-34-32-30-28-26-24-22-20-18-16-14-12-10-8-6-4-2/h6,8,12,14,18,20,24,26,30,32,36,45,50,52,56,58,83H,3-5,7,9-11,13,15-17,19,21-23,25,27-29,31,33-35,37-44,46-49,51,53-55,57,59-82,86H2,1-2H3,(H,89,90)/b8-6-,14-12-,20-18-,26-24-,32-30-,45-36-,52-50-,58-56-. The Bertz CT molecular complexity index is 1890. The van der Waals surface area contributed by atoms with E-state index in [0.717, 1.165) is 96.3 Å². The predicted octanol–water partition coefficient (Wildman–Crippen LogP) is 27.4. The number of allylic oxidation sites excluding steroid dienone is 16. The topological polar surface area (TPSA) is 134 Å². The number of hydrogen-bond acceptors (Lipinski definition) is 8. The van der Waals surface area contributed by atoms with E-state index in [1.54, 1.807) is 0 Å². The van der Waals surface area contributed by atoms with E-state index in [0.29, 0.717) is 6.42 Å². The third kappa shape index (κ3) is 79.8. The molecule has 0 aromatic carbocycles. The molecule has 0 aliphatic heterocycles. The number of phosphoric acid groups is 1. The first-order chi connectivity index (χ1) is 46.8. The zero-order valence-electron chi connectivity index (χ0n) is 62.4. The van der Waals surface area contributed by atoms with Crippen LogP contribution in [0, 0.1) is 0 Å². The van der Waals surface area contributed by atoms with E-state index in [4.69, 9.17) is 24.3 Å². The van der Waals surface area contributed by atoms with Crippen LogP contribution in [0.2, 0.25) is 0 Å². The lowest BCUT2D eigenvalue weighted by Crippen LogP contribution is -2.29. The van der Waals surface area contributed by atoms with Gasteiger partial charge >= 0.3 is 19.8 Å². The highest BCUT2D eigenvalue weighted by molar-refractivity contribution is 7.47. The average Bonchev–Trinajstić information content (AvgIpc) is 3.25. The van der Waals surface area contributed by atoms with E-state index in [9.17, 15) is 19.0 Å². The van der Waals surface area contributed by atoms with Gasteiger partial charge in [0, 0.05) is 19.4 Å². The number of phosphoric ester groups is 1. The number of unbranched alkanes of at least 4 members (excludes halogenated alkanes) is 48. The van der Waals surface area contributed by atoms with Crippen molar-refractivity contribution in [2.24, 2.45) is 5.73 Å². The van der Waals surface area contributed by atoms with Crippen molar-refractivity contribution in [3.63, 3.8) is 0 Å². The first kappa shape index (κ1) is 91.9. The fourth-order valence-corrected chi connectivity index (χ4v) is 12.8. The average molecular weight is 1350 g/mol. The highest BCUT2D eigenvalue weighted by Crippen LogP contribution is 2.43. The number of hydrogen-bond donors (Lipinski definition) is 2. The SMILES string of the molecule is CC/C=C\C/C=C\C/C=C\C/C=C\C/C=C\C/C=C\C/C=C\C/C=C\CCCCCCCCCCC(=O)OC(COC(=O)CCCCCCCCCCCCCCCCCCCCCCCCCCCCCCCCCCCCCCCCCCC)COP(=O)(O)OCCN. The molecule has 552 valence electrons. The summed E-state index contributed by atoms with van der Waals surface area (Å²) in [6.45, 7) is 3.67. The summed E-state index contributed by atoms with van der Waals surface area (Å²) in [6.07, 6.45) is 110. The van der Waals surface area contributed by atoms with Crippen LogP contribution in [-0.4, -0.2) is 49.3 Å². The fraction of sp³-hybridized carbons (Fsp3) is 0.788. The van der Waals surface area contributed by atoms with Crippen LogP contribution in [0.25, 0.3) is 0 Å². The van der Waals surface area contributed by atoms with Crippen molar-refractivity contribution in [2.75, 3.05) is 26.4 Å². The maximum Gasteiger partial charge on any atom is 0.472 e. The van der Waals surface area contributed by atoms with Gasteiger partial charge in [-0.3, -0.25) is 18.6 Å². The van der Waals surface area contributed by atoms with Crippen LogP contribution >= 0.6 is 7.82 Å². The summed E-state index contributed by atoms with van der Waals surface area (Å²) in [4.78, 5) is 35.5. The molecule has 0 heterocycles. The summed E-state index contributed by atoms with van der Waals surface area (Å²) in [5.41, 5.74) is 5.41. The monoisotopic (exact) mass is 1350 g/mol. The van der Waals surface area contributed by atoms with Gasteiger partial charge in [-0.1, -0.05) is 406 Å². The van der Waals surface area contributed by atoms with E-state index < -0.39 is 26.5 Å². The van der Waals surface area contributed by atoms with E-state index in [-0.39, 0.29) is 38.6 Å². The highest BCUT2D eigenvalue weighted by Gasteiger charge is 2.26. The molecule has 0 aromatic rings. The Hall–Kier alpha value is -3.07. The fourth-order valence-electron chi connectivity index (χ4n) is 12.0. The van der Waals surface area contributed by atoms with Crippen molar-refractivity contribution < 1.29 is 37.6 Å². The predicted molar refractivity (Wildman–Crippen MR) is 413 cm³/mol. The van der Waals surface area contributed by atoms with Gasteiger partial charge in [-0.2, -0.15) is 0 Å². The van der Waals surface area contributed by atoms with Gasteiger partial charge in [-0.25, -0.2) is 4.57 Å². The zero-order chi connectivity index (χ0) is 68.6. The Morgan fingerprint density at radius 3 is 0.863 bits per heavy atom. The van der Waals surface area contributed by atoms with Crippen LogP contribution in [0.5, 0.6) is 0 Å². The number of carbonyl (C=O) groups is 2. The molecule has 3 N–H and O–H groups in total. The summed E-state index contributed by atoms with van der Waals surface area (Å²) < 4.78 is 33.3. The summed E-state index contributed by atoms with van der Waals surface area (Å²) in [5, 5.41) is 0. The number of nitrogens with two attached hydrogens (primary N) is 1. The smallest absolute Gasteiger partial charge is 0.462 e. The molecule has 2 unspecified atom stereocenters. The minimum Gasteiger partial charge on any atom is -0.462 e. The molecule has 0 fully saturated rings. The van der Waals surface area contributed by atoms with Crippen molar-refractivity contribution in [3.8, 4) is 0 Å². The zero-order valence-corrected chi connectivity index (χ0v) is 63.3. The Balaban J connectivity index is 3.79. The summed E-state index contributed by atoms with van der Waals surface area (Å²) in [5.74, 6) is -0.826. The number of carbonyl (C=O) groups excluding carboxylic acids is 2. The molecule has 0 rings (SSSR count). The second-order valence-electron chi connectivity index (χ2n) is 27.3. The largest absolute Gasteiger partial charge is 0.472 e. The molecule has 0 aromatic heterocycles. The van der Waals surface area contributed by atoms with Gasteiger partial charge in [-0.05, 0) is 77.0 Å². The summed E-state index contributed by atoms with van der Waals surface area (Å²) in [6, 6.07) is 0. The van der Waals surface area contributed by atoms with Crippen LogP contribution in [0.15, 0.2) is 97.2 Å². The maximum absolute atomic E-state index is 12.8. The molecule has 2 atom stereocenters. The van der Waals surface area contributed by atoms with E-state index in [1.165, 1.54) is 270 Å². The molecule has 0 aliphatic rings. The lowest BCUT2D eigenvalue weighted by Gasteiger charge is -2.19. The van der Waals surface area contributed by atoms with Gasteiger partial charge in [0.1, 0.15) is 6.61 Å². The highest BCUT2D eigenvalue weighted by atomic mass is 31.2. The molecule has 0 aliphatic carbocycles. The molecular weight excluding hydrogens is 1190 g/mol. The van der Waals surface area contributed by atoms with Crippen LogP contribution in [-0.2, 0) is 32.7 Å². The Kier molecular flexibility index (Phi) is 77.3. The summed E-state index contributed by atoms with van der Waals surface area (Å²) >= 11 is 0. The molecule has 0 spiro atoms. The molecule has 9 nitrogen and oxygen atoms in total. The lowest BCUT2D eigenvalue weighted by atomic mass is 10.0. The Morgan fingerprint density at radius 2 is 0.579 bits per heavy atom. The van der Waals surface area contributed by atoms with Gasteiger partial charge in [0.25, 0.3) is 0 Å². The molecule has 10 heteroatoms. The van der Waals surface area contributed by atoms with Crippen molar-refractivity contribution in [3.05, 3.63) is 97.2 Å². The van der Waals surface area contributed by atoms with E-state index in [1.807, 2.05) is 0 Å². The number of rotatable bonds is 77. The number of ether oxygens (including phenoxy) is 2. The van der Waals surface area contributed by atoms with Crippen molar-refractivity contribution >= 4 is 19.8 Å². The first-order valence-electron chi connectivity index (χ1n) is 40.7. The van der Waals surface area contributed by atoms with Gasteiger partial charge in [-0.15, -0.1) is 0 Å². The Labute approximate surface area is 588 Å². The second kappa shape index (κ2) is 79.9. The van der Waals surface area contributed by atoms with Gasteiger partial charge < -0.3 is 20.1 Å². The van der Waals surface area contributed by atoms with E-state index >= 15 is 0 Å². The van der Waals surface area contributed by atoms with Crippen molar-refractivity contribution in [2.45, 2.75) is 405 Å². The summed E-state index contributed by atoms with van der Waals surface area (Å²) in [7, 11) is -4.40. The molecule has 0 saturated carbocycles.